The highest BCUT2D eigenvalue weighted by atomic mass is 32.2. The van der Waals surface area contributed by atoms with Crippen LogP contribution in [0.25, 0.3) is 0 Å². The topological polar surface area (TPSA) is 210 Å². The van der Waals surface area contributed by atoms with Crippen molar-refractivity contribution in [2.45, 2.75) is 116 Å². The smallest absolute Gasteiger partial charge is 0.252 e. The molecule has 17 heteroatoms. The van der Waals surface area contributed by atoms with Crippen LogP contribution in [0.3, 0.4) is 0 Å². The van der Waals surface area contributed by atoms with Crippen LogP contribution in [0.2, 0.25) is 0 Å². The first-order valence-electron chi connectivity index (χ1n) is 19.8. The fraction of sp³-hybridized carbons (Fsp3) is 0.725. The van der Waals surface area contributed by atoms with Gasteiger partial charge in [-0.15, -0.1) is 0 Å². The number of benzene rings is 1. The fourth-order valence-electron chi connectivity index (χ4n) is 7.82. The highest BCUT2D eigenvalue weighted by Gasteiger charge is 2.43. The number of hydrogen-bond donors (Lipinski definition) is 4. The Bertz CT molecular complexity index is 1600. The summed E-state index contributed by atoms with van der Waals surface area (Å²) in [6.07, 6.45) is 0.462. The van der Waals surface area contributed by atoms with Gasteiger partial charge < -0.3 is 35.6 Å². The molecule has 16 nitrogen and oxygen atoms in total. The zero-order valence-corrected chi connectivity index (χ0v) is 36.9. The number of hydrogen-bond acceptors (Lipinski definition) is 11. The van der Waals surface area contributed by atoms with Gasteiger partial charge in [-0.25, -0.2) is 8.42 Å². The summed E-state index contributed by atoms with van der Waals surface area (Å²) in [6.45, 7) is 13.2. The molecule has 1 aromatic rings. The minimum Gasteiger partial charge on any atom is -0.399 e. The van der Waals surface area contributed by atoms with Crippen molar-refractivity contribution in [1.29, 1.82) is 0 Å². The van der Waals surface area contributed by atoms with Crippen molar-refractivity contribution in [3.05, 3.63) is 29.8 Å². The molecule has 1 saturated heterocycles. The van der Waals surface area contributed by atoms with Crippen molar-refractivity contribution in [3.8, 4) is 0 Å². The third kappa shape index (κ3) is 13.9. The number of nitrogens with zero attached hydrogens (tertiary/aromatic N) is 3. The number of ether oxygens (including phenoxy) is 2. The van der Waals surface area contributed by atoms with Gasteiger partial charge in [0, 0.05) is 33.5 Å². The molecular weight excluding hydrogens is 755 g/mol. The number of nitrogens with two attached hydrogens (primary N) is 1. The van der Waals surface area contributed by atoms with Crippen molar-refractivity contribution < 1.29 is 41.9 Å². The van der Waals surface area contributed by atoms with Gasteiger partial charge in [0.1, 0.15) is 6.04 Å². The lowest BCUT2D eigenvalue weighted by Crippen LogP contribution is -2.59. The highest BCUT2D eigenvalue weighted by molar-refractivity contribution is 7.89. The van der Waals surface area contributed by atoms with Crippen molar-refractivity contribution in [2.24, 2.45) is 23.7 Å². The molecule has 1 aromatic carbocycles. The Morgan fingerprint density at radius 3 is 2.05 bits per heavy atom. The van der Waals surface area contributed by atoms with Crippen LogP contribution in [0, 0.1) is 23.7 Å². The van der Waals surface area contributed by atoms with E-state index in [1.165, 1.54) is 14.2 Å². The molecule has 5 N–H and O–H groups in total. The van der Waals surface area contributed by atoms with Crippen LogP contribution in [0.1, 0.15) is 79.7 Å². The molecule has 1 aliphatic rings. The molecule has 1 heterocycles. The quantitative estimate of drug-likeness (QED) is 0.124. The second-order valence-corrected chi connectivity index (χ2v) is 17.9. The van der Waals surface area contributed by atoms with Crippen molar-refractivity contribution >= 4 is 45.2 Å². The van der Waals surface area contributed by atoms with Crippen molar-refractivity contribution in [2.75, 3.05) is 54.2 Å². The van der Waals surface area contributed by atoms with Gasteiger partial charge in [-0.05, 0) is 62.4 Å². The summed E-state index contributed by atoms with van der Waals surface area (Å²) in [4.78, 5) is 72.7. The van der Waals surface area contributed by atoms with E-state index in [2.05, 4.69) is 10.6 Å². The van der Waals surface area contributed by atoms with Crippen LogP contribution in [-0.4, -0.2) is 137 Å². The molecule has 1 fully saturated rings. The van der Waals surface area contributed by atoms with E-state index in [4.69, 9.17) is 15.2 Å². The van der Waals surface area contributed by atoms with E-state index >= 15 is 0 Å². The van der Waals surface area contributed by atoms with Gasteiger partial charge in [0.2, 0.25) is 33.7 Å². The zero-order valence-electron chi connectivity index (χ0n) is 36.0. The summed E-state index contributed by atoms with van der Waals surface area (Å²) in [5, 5.41) is 5.51. The molecule has 324 valence electrons. The Balaban J connectivity index is 2.17. The molecule has 2 rings (SSSR count). The molecule has 1 unspecified atom stereocenters. The first-order valence-corrected chi connectivity index (χ1v) is 21.5. The summed E-state index contributed by atoms with van der Waals surface area (Å²) in [5.74, 6) is -3.69. The van der Waals surface area contributed by atoms with E-state index in [0.717, 1.165) is 0 Å². The number of carbonyl (C=O) groups excluding carboxylic acids is 5. The van der Waals surface area contributed by atoms with Crippen molar-refractivity contribution in [3.63, 3.8) is 0 Å². The molecule has 1 aliphatic heterocycles. The van der Waals surface area contributed by atoms with E-state index in [9.17, 15) is 32.4 Å². The predicted octanol–water partition coefficient (Wildman–Crippen LogP) is 1.98. The van der Waals surface area contributed by atoms with Crippen molar-refractivity contribution in [1.82, 2.24) is 30.1 Å². The maximum absolute atomic E-state index is 14.2. The predicted molar refractivity (Wildman–Crippen MR) is 220 cm³/mol. The average Bonchev–Trinajstić information content (AvgIpc) is 3.62. The summed E-state index contributed by atoms with van der Waals surface area (Å²) < 4.78 is 38.9. The summed E-state index contributed by atoms with van der Waals surface area (Å²) in [6, 6.07) is 4.01. The van der Waals surface area contributed by atoms with Gasteiger partial charge in [0.15, 0.2) is 0 Å². The summed E-state index contributed by atoms with van der Waals surface area (Å²) >= 11 is 0. The maximum atomic E-state index is 14.2. The van der Waals surface area contributed by atoms with Gasteiger partial charge in [0.25, 0.3) is 5.91 Å². The number of sulfonamides is 1. The lowest BCUT2D eigenvalue weighted by molar-refractivity contribution is -0.148. The van der Waals surface area contributed by atoms with Crippen LogP contribution in [0.15, 0.2) is 24.3 Å². The first kappa shape index (κ1) is 49.3. The third-order valence-corrected chi connectivity index (χ3v) is 12.2. The lowest BCUT2D eigenvalue weighted by atomic mass is 9.89. The molecule has 0 spiro atoms. The molecule has 57 heavy (non-hydrogen) atoms. The Labute approximate surface area is 340 Å². The Kier molecular flexibility index (Phi) is 19.4. The first-order chi connectivity index (χ1) is 26.6. The summed E-state index contributed by atoms with van der Waals surface area (Å²) in [7, 11) is 4.30. The minimum atomic E-state index is -4.03. The number of rotatable bonds is 22. The van der Waals surface area contributed by atoms with Crippen LogP contribution in [0.4, 0.5) is 5.69 Å². The number of likely N-dealkylation sites (tertiary alicyclic amines) is 1. The van der Waals surface area contributed by atoms with E-state index in [1.54, 1.807) is 48.0 Å². The lowest BCUT2D eigenvalue weighted by Gasteiger charge is -2.41. The fourth-order valence-corrected chi connectivity index (χ4v) is 8.94. The van der Waals surface area contributed by atoms with Gasteiger partial charge in [-0.2, -0.15) is 0 Å². The van der Waals surface area contributed by atoms with E-state index < -0.39 is 76.4 Å². The molecule has 0 aliphatic carbocycles. The standard InChI is InChI=1S/C40H69N7O9S/c1-13-26(6)36(46(10)40(52)34(24(2)3)43-39(51)35(25(4)5)45(8)9)31(55-11)21-33(49)47-20-14-15-30(47)37(56-12)27(7)38(50)42-22-32(48)44-57(53,54)23-28-16-18-29(41)19-17-28/h16-19,24-27,30-31,34-37H,13-15,20-23,41H2,1-12H3,(H,42,50)(H,43,51)(H,44,48)/t26-,27+,30-,31+,34-,35?,36-,37+/m0/s1. The number of anilines is 1. The SMILES string of the molecule is CC[C@H](C)[C@@H]([C@@H](CC(=O)N1CCC[C@H]1[C@H](OC)[C@@H](C)C(=O)NCC(=O)NS(=O)(=O)Cc1ccc(N)cc1)OC)N(C)C(=O)[C@@H](NC(=O)C(C(C)C)N(C)C)C(C)C. The van der Waals surface area contributed by atoms with E-state index in [-0.39, 0.29) is 41.9 Å². The van der Waals surface area contributed by atoms with E-state index in [1.807, 2.05) is 65.3 Å². The van der Waals surface area contributed by atoms with Gasteiger partial charge in [-0.1, -0.05) is 67.0 Å². The van der Waals surface area contributed by atoms with Crippen LogP contribution >= 0.6 is 0 Å². The molecule has 5 amide bonds. The minimum absolute atomic E-state index is 0.0199. The Morgan fingerprint density at radius 1 is 0.930 bits per heavy atom. The third-order valence-electron chi connectivity index (χ3n) is 11.0. The second-order valence-electron chi connectivity index (χ2n) is 16.2. The number of likely N-dealkylation sites (N-methyl/N-ethyl adjacent to an activating group) is 2. The van der Waals surface area contributed by atoms with Gasteiger partial charge in [0.05, 0.1) is 55.0 Å². The van der Waals surface area contributed by atoms with Crippen LogP contribution < -0.4 is 21.1 Å². The second kappa shape index (κ2) is 22.4. The highest BCUT2D eigenvalue weighted by Crippen LogP contribution is 2.29. The Morgan fingerprint density at radius 2 is 1.54 bits per heavy atom. The summed E-state index contributed by atoms with van der Waals surface area (Å²) in [5.41, 5.74) is 6.57. The largest absolute Gasteiger partial charge is 0.399 e. The number of nitrogen functional groups attached to an aromatic ring is 1. The average molecular weight is 824 g/mol. The monoisotopic (exact) mass is 823 g/mol. The zero-order chi connectivity index (χ0) is 43.4. The van der Waals surface area contributed by atoms with Crippen LogP contribution in [-0.2, 0) is 49.2 Å². The molecular formula is C40H69N7O9S. The Hall–Kier alpha value is -3.80. The normalized spacial score (nSPS) is 18.4. The molecule has 0 bridgehead atoms. The number of nitrogens with one attached hydrogen (secondary N) is 3. The van der Waals surface area contributed by atoms with Crippen LogP contribution in [0.5, 0.6) is 0 Å². The number of carbonyl (C=O) groups is 5. The molecule has 0 saturated carbocycles. The van der Waals surface area contributed by atoms with Gasteiger partial charge in [-0.3, -0.25) is 33.6 Å². The number of amides is 5. The molecule has 0 radical (unpaired) electrons. The molecule has 0 aromatic heterocycles. The maximum Gasteiger partial charge on any atom is 0.252 e. The van der Waals surface area contributed by atoms with Gasteiger partial charge >= 0.3 is 0 Å². The van der Waals surface area contributed by atoms with E-state index in [0.29, 0.717) is 37.1 Å². The molecule has 8 atom stereocenters. The number of methoxy groups -OCH3 is 2.